The molecule has 0 bridgehead atoms. The van der Waals surface area contributed by atoms with Crippen LogP contribution in [0.5, 0.6) is 0 Å². The van der Waals surface area contributed by atoms with Crippen LogP contribution in [0.2, 0.25) is 0 Å². The van der Waals surface area contributed by atoms with Crippen molar-refractivity contribution in [3.8, 4) is 0 Å². The highest BCUT2D eigenvalue weighted by Crippen LogP contribution is 2.15. The molecule has 0 heterocycles. The minimum Gasteiger partial charge on any atom is -0.356 e. The van der Waals surface area contributed by atoms with Gasteiger partial charge < -0.3 is 36.4 Å². The Morgan fingerprint density at radius 2 is 0.425 bits per heavy atom. The predicted molar refractivity (Wildman–Crippen MR) is 347 cm³/mol. The van der Waals surface area contributed by atoms with Crippen LogP contribution in [-0.2, 0) is 19.2 Å². The number of nitrogens with one attached hydrogen (secondary N) is 5. The number of amides is 4. The Kier molecular flexibility index (Phi) is 64.1. The lowest BCUT2D eigenvalue weighted by molar-refractivity contribution is -0.122. The Morgan fingerprint density at radius 1 is 0.212 bits per heavy atom. The van der Waals surface area contributed by atoms with Gasteiger partial charge in [0.1, 0.15) is 0 Å². The van der Waals surface area contributed by atoms with Gasteiger partial charge in [-0.15, -0.1) is 0 Å². The van der Waals surface area contributed by atoms with Gasteiger partial charge >= 0.3 is 0 Å². The van der Waals surface area contributed by atoms with Gasteiger partial charge in [0.05, 0.1) is 0 Å². The Labute approximate surface area is 497 Å². The van der Waals surface area contributed by atoms with Crippen molar-refractivity contribution in [3.05, 3.63) is 0 Å². The van der Waals surface area contributed by atoms with Gasteiger partial charge in [0.25, 0.3) is 0 Å². The van der Waals surface area contributed by atoms with E-state index < -0.39 is 0 Å². The zero-order chi connectivity index (χ0) is 58.1. The molecule has 11 heteroatoms. The summed E-state index contributed by atoms with van der Waals surface area (Å²) in [5, 5.41) is 16.2. The van der Waals surface area contributed by atoms with E-state index in [4.69, 9.17) is 0 Å². The third-order valence-electron chi connectivity index (χ3n) is 16.4. The van der Waals surface area contributed by atoms with E-state index >= 15 is 0 Å². The van der Waals surface area contributed by atoms with Crippen molar-refractivity contribution in [3.63, 3.8) is 0 Å². The van der Waals surface area contributed by atoms with Crippen LogP contribution in [0.15, 0.2) is 0 Å². The van der Waals surface area contributed by atoms with Gasteiger partial charge in [0.15, 0.2) is 0 Å². The molecular weight excluding hydrogens is 991 g/mol. The maximum Gasteiger partial charge on any atom is 0.221 e. The summed E-state index contributed by atoms with van der Waals surface area (Å²) in [5.41, 5.74) is 0. The molecule has 0 atom stereocenters. The Bertz CT molecular complexity index is 1300. The summed E-state index contributed by atoms with van der Waals surface area (Å²) < 4.78 is 0. The van der Waals surface area contributed by atoms with Gasteiger partial charge in [-0.25, -0.2) is 0 Å². The normalized spacial score (nSPS) is 11.5. The predicted octanol–water partition coefficient (Wildman–Crippen LogP) is 16.8. The van der Waals surface area contributed by atoms with E-state index in [1.807, 2.05) is 0 Å². The molecule has 0 rings (SSSR count). The molecule has 0 saturated carbocycles. The molecule has 0 aliphatic rings. The molecule has 0 aromatic heterocycles. The van der Waals surface area contributed by atoms with Crippen LogP contribution in [0.3, 0.4) is 0 Å². The number of unbranched alkanes of at least 4 members (excludes halogenated alkanes) is 39. The van der Waals surface area contributed by atoms with Gasteiger partial charge in [-0.2, -0.15) is 0 Å². The lowest BCUT2D eigenvalue weighted by atomic mass is 10.1. The van der Waals surface area contributed by atoms with Gasteiger partial charge in [0, 0.05) is 78.0 Å². The van der Waals surface area contributed by atoms with E-state index in [0.29, 0.717) is 45.3 Å². The molecule has 0 saturated heterocycles. The molecule has 0 aromatic carbocycles. The molecule has 0 aliphatic heterocycles. The topological polar surface area (TPSA) is 135 Å². The van der Waals surface area contributed by atoms with Crippen molar-refractivity contribution >= 4 is 23.6 Å². The first kappa shape index (κ1) is 77.8. The van der Waals surface area contributed by atoms with Crippen LogP contribution in [0.25, 0.3) is 0 Å². The SMILES string of the molecule is CCCCCCCCCCCCCCNC(=O)CCN(CCCCN(CCCNCCC(=O)NCCCCCCCCCCCC)CCC(=O)NCCCCCCCCCCCC)CCC(=O)NCCCCCCCCCCCC. The lowest BCUT2D eigenvalue weighted by Crippen LogP contribution is -2.36. The quantitative estimate of drug-likeness (QED) is 0.0383. The minimum absolute atomic E-state index is 0.110. The first-order chi connectivity index (χ1) is 39.4. The summed E-state index contributed by atoms with van der Waals surface area (Å²) in [6.45, 7) is 18.3. The van der Waals surface area contributed by atoms with Gasteiger partial charge in [-0.05, 0) is 71.1 Å². The van der Waals surface area contributed by atoms with E-state index in [-0.39, 0.29) is 23.6 Å². The molecule has 0 fully saturated rings. The fourth-order valence-corrected chi connectivity index (χ4v) is 10.9. The maximum atomic E-state index is 13.1. The summed E-state index contributed by atoms with van der Waals surface area (Å²) in [6.07, 6.45) is 59.2. The lowest BCUT2D eigenvalue weighted by Gasteiger charge is -2.25. The highest BCUT2D eigenvalue weighted by Gasteiger charge is 2.14. The van der Waals surface area contributed by atoms with Crippen molar-refractivity contribution in [2.45, 2.75) is 342 Å². The summed E-state index contributed by atoms with van der Waals surface area (Å²) in [5.74, 6) is 0.495. The molecule has 0 radical (unpaired) electrons. The molecule has 11 nitrogen and oxygen atoms in total. The molecule has 4 amide bonds. The maximum absolute atomic E-state index is 13.1. The molecule has 0 aromatic rings. The van der Waals surface area contributed by atoms with E-state index in [1.165, 1.54) is 244 Å². The van der Waals surface area contributed by atoms with Crippen LogP contribution in [0.4, 0.5) is 0 Å². The number of nitrogens with zero attached hydrogens (tertiary/aromatic N) is 2. The van der Waals surface area contributed by atoms with Gasteiger partial charge in [0.2, 0.25) is 23.6 Å². The second-order valence-corrected chi connectivity index (χ2v) is 24.3. The van der Waals surface area contributed by atoms with E-state index in [0.717, 1.165) is 104 Å². The van der Waals surface area contributed by atoms with Crippen LogP contribution >= 0.6 is 0 Å². The molecule has 0 spiro atoms. The highest BCUT2D eigenvalue weighted by atomic mass is 16.2. The zero-order valence-electron chi connectivity index (χ0n) is 54.2. The monoisotopic (exact) mass is 1130 g/mol. The molecule has 80 heavy (non-hydrogen) atoms. The Morgan fingerprint density at radius 3 is 0.688 bits per heavy atom. The van der Waals surface area contributed by atoms with Gasteiger partial charge in [-0.1, -0.05) is 272 Å². The number of rotatable bonds is 67. The van der Waals surface area contributed by atoms with E-state index in [1.54, 1.807) is 0 Å². The second-order valence-electron chi connectivity index (χ2n) is 24.3. The first-order valence-electron chi connectivity index (χ1n) is 35.6. The van der Waals surface area contributed by atoms with Crippen molar-refractivity contribution in [2.24, 2.45) is 0 Å². The second kappa shape index (κ2) is 65.9. The molecule has 474 valence electrons. The number of carbonyl (C=O) groups is 4. The summed E-state index contributed by atoms with van der Waals surface area (Å²) >= 11 is 0. The Balaban J connectivity index is 5.07. The summed E-state index contributed by atoms with van der Waals surface area (Å²) in [6, 6.07) is 0. The van der Waals surface area contributed by atoms with Crippen molar-refractivity contribution in [2.75, 3.05) is 78.5 Å². The van der Waals surface area contributed by atoms with Crippen LogP contribution in [0.1, 0.15) is 342 Å². The van der Waals surface area contributed by atoms with Gasteiger partial charge in [-0.3, -0.25) is 19.2 Å². The van der Waals surface area contributed by atoms with Crippen molar-refractivity contribution in [1.29, 1.82) is 0 Å². The standard InChI is InChI=1S/C69H139N7O4/c1-5-9-13-17-21-25-29-30-34-38-42-46-58-74-69(80)53-65-76(64-52-68(79)73-57-45-41-37-33-28-24-20-16-12-8-4)61-48-47-60-75(63-51-67(78)72-56-44-40-36-32-27-23-19-15-11-7-3)62-49-54-70-59-50-66(77)71-55-43-39-35-31-26-22-18-14-10-6-2/h70H,5-65H2,1-4H3,(H,71,77)(H,72,78)(H,73,79)(H,74,80). The van der Waals surface area contributed by atoms with Crippen LogP contribution in [-0.4, -0.2) is 112 Å². The smallest absolute Gasteiger partial charge is 0.221 e. The molecule has 0 unspecified atom stereocenters. The van der Waals surface area contributed by atoms with Crippen molar-refractivity contribution < 1.29 is 19.2 Å². The minimum atomic E-state index is 0.110. The first-order valence-corrected chi connectivity index (χ1v) is 35.6. The molecule has 5 N–H and O–H groups in total. The van der Waals surface area contributed by atoms with E-state index in [9.17, 15) is 19.2 Å². The summed E-state index contributed by atoms with van der Waals surface area (Å²) in [7, 11) is 0. The fraction of sp³-hybridized carbons (Fsp3) is 0.942. The highest BCUT2D eigenvalue weighted by molar-refractivity contribution is 5.77. The van der Waals surface area contributed by atoms with Crippen LogP contribution < -0.4 is 26.6 Å². The fourth-order valence-electron chi connectivity index (χ4n) is 10.9. The zero-order valence-corrected chi connectivity index (χ0v) is 54.2. The average Bonchev–Trinajstić information content (AvgIpc) is 3.45. The third-order valence-corrected chi connectivity index (χ3v) is 16.4. The number of hydrogen-bond acceptors (Lipinski definition) is 7. The third kappa shape index (κ3) is 61.8. The Hall–Kier alpha value is -2.24. The molecular formula is C69H139N7O4. The number of hydrogen-bond donors (Lipinski definition) is 5. The number of carbonyl (C=O) groups excluding carboxylic acids is 4. The van der Waals surface area contributed by atoms with Crippen LogP contribution in [0, 0.1) is 0 Å². The van der Waals surface area contributed by atoms with E-state index in [2.05, 4.69) is 64.1 Å². The average molecular weight is 1130 g/mol. The summed E-state index contributed by atoms with van der Waals surface area (Å²) in [4.78, 5) is 56.5. The van der Waals surface area contributed by atoms with Crippen molar-refractivity contribution in [1.82, 2.24) is 36.4 Å². The largest absolute Gasteiger partial charge is 0.356 e. The molecule has 0 aliphatic carbocycles.